The Bertz CT molecular complexity index is 401. The summed E-state index contributed by atoms with van der Waals surface area (Å²) >= 11 is 0. The van der Waals surface area contributed by atoms with E-state index in [9.17, 15) is 0 Å². The molecule has 0 amide bonds. The van der Waals surface area contributed by atoms with E-state index in [-0.39, 0.29) is 25.1 Å². The Balaban J connectivity index is 0.00000361. The second-order valence-electron chi connectivity index (χ2n) is 4.04. The summed E-state index contributed by atoms with van der Waals surface area (Å²) < 4.78 is 16.5. The van der Waals surface area contributed by atoms with Gasteiger partial charge in [-0.25, -0.2) is 0 Å². The Hall–Kier alpha value is -1.17. The zero-order valence-electron chi connectivity index (χ0n) is 12.2. The molecule has 0 aliphatic carbocycles. The fraction of sp³-hybridized carbons (Fsp3) is 0.571. The molecule has 0 saturated heterocycles. The van der Waals surface area contributed by atoms with Crippen LogP contribution in [0.3, 0.4) is 0 Å². The summed E-state index contributed by atoms with van der Waals surface area (Å²) in [4.78, 5) is 0. The maximum atomic E-state index is 8.97. The molecule has 0 radical (unpaired) electrons. The van der Waals surface area contributed by atoms with E-state index in [1.54, 1.807) is 7.11 Å². The molecule has 5 nitrogen and oxygen atoms in total. The average molecular weight is 306 g/mol. The lowest BCUT2D eigenvalue weighted by Crippen LogP contribution is -2.13. The molecule has 0 spiro atoms. The number of methoxy groups -OCH3 is 1. The molecule has 6 heteroatoms. The maximum absolute atomic E-state index is 8.97. The molecule has 1 unspecified atom stereocenters. The topological polar surface area (TPSA) is 73.9 Å². The van der Waals surface area contributed by atoms with E-state index in [2.05, 4.69) is 0 Å². The number of benzene rings is 1. The number of halogens is 1. The molecule has 20 heavy (non-hydrogen) atoms. The molecule has 1 rings (SSSR count). The number of nitrogens with two attached hydrogens (primary N) is 1. The van der Waals surface area contributed by atoms with Crippen LogP contribution in [0, 0.1) is 0 Å². The van der Waals surface area contributed by atoms with Gasteiger partial charge in [-0.05, 0) is 38.0 Å². The fourth-order valence-corrected chi connectivity index (χ4v) is 1.82. The Morgan fingerprint density at radius 3 is 2.25 bits per heavy atom. The van der Waals surface area contributed by atoms with Gasteiger partial charge in [0.2, 0.25) is 5.75 Å². The summed E-state index contributed by atoms with van der Waals surface area (Å²) in [6.07, 6.45) is 0.489. The van der Waals surface area contributed by atoms with Gasteiger partial charge in [-0.1, -0.05) is 0 Å². The van der Waals surface area contributed by atoms with Gasteiger partial charge in [-0.3, -0.25) is 0 Å². The van der Waals surface area contributed by atoms with Gasteiger partial charge in [0.25, 0.3) is 0 Å². The molecular weight excluding hydrogens is 282 g/mol. The van der Waals surface area contributed by atoms with Crippen molar-refractivity contribution in [2.24, 2.45) is 5.73 Å². The summed E-state index contributed by atoms with van der Waals surface area (Å²) in [5.74, 6) is 1.80. The predicted octanol–water partition coefficient (Wildman–Crippen LogP) is 2.30. The summed E-state index contributed by atoms with van der Waals surface area (Å²) in [7, 11) is 1.58. The lowest BCUT2D eigenvalue weighted by Gasteiger charge is -2.18. The van der Waals surface area contributed by atoms with E-state index < -0.39 is 0 Å². The standard InChI is InChI=1S/C14H23NO4.ClH/c1-4-18-13-9-10(11(15)6-7-16)8-12(17-3)14(13)19-5-2;/h8-9,11,16H,4-7,15H2,1-3H3;1H. The first-order valence-corrected chi connectivity index (χ1v) is 6.51. The Morgan fingerprint density at radius 1 is 1.15 bits per heavy atom. The third-order valence-corrected chi connectivity index (χ3v) is 2.72. The Morgan fingerprint density at radius 2 is 1.75 bits per heavy atom. The van der Waals surface area contributed by atoms with E-state index in [4.69, 9.17) is 25.1 Å². The lowest BCUT2D eigenvalue weighted by molar-refractivity contribution is 0.268. The van der Waals surface area contributed by atoms with Crippen LogP contribution in [-0.2, 0) is 0 Å². The fourth-order valence-electron chi connectivity index (χ4n) is 1.82. The van der Waals surface area contributed by atoms with Gasteiger partial charge in [-0.2, -0.15) is 0 Å². The molecule has 0 fully saturated rings. The van der Waals surface area contributed by atoms with E-state index in [0.717, 1.165) is 5.56 Å². The van der Waals surface area contributed by atoms with Gasteiger partial charge in [-0.15, -0.1) is 12.4 Å². The minimum atomic E-state index is -0.256. The normalized spacial score (nSPS) is 11.4. The van der Waals surface area contributed by atoms with E-state index in [1.165, 1.54) is 0 Å². The van der Waals surface area contributed by atoms with Gasteiger partial charge in [0.15, 0.2) is 11.5 Å². The monoisotopic (exact) mass is 305 g/mol. The number of aliphatic hydroxyl groups is 1. The lowest BCUT2D eigenvalue weighted by atomic mass is 10.0. The van der Waals surface area contributed by atoms with Crippen molar-refractivity contribution in [3.8, 4) is 17.2 Å². The third-order valence-electron chi connectivity index (χ3n) is 2.72. The first-order chi connectivity index (χ1) is 9.17. The molecule has 0 heterocycles. The third kappa shape index (κ3) is 4.74. The van der Waals surface area contributed by atoms with E-state index in [0.29, 0.717) is 36.9 Å². The van der Waals surface area contributed by atoms with Crippen molar-refractivity contribution >= 4 is 12.4 Å². The highest BCUT2D eigenvalue weighted by atomic mass is 35.5. The number of hydrogen-bond donors (Lipinski definition) is 2. The second kappa shape index (κ2) is 9.69. The second-order valence-corrected chi connectivity index (χ2v) is 4.04. The summed E-state index contributed by atoms with van der Waals surface area (Å²) in [5.41, 5.74) is 6.87. The quantitative estimate of drug-likeness (QED) is 0.771. The van der Waals surface area contributed by atoms with E-state index >= 15 is 0 Å². The van der Waals surface area contributed by atoms with Crippen molar-refractivity contribution in [3.05, 3.63) is 17.7 Å². The van der Waals surface area contributed by atoms with Gasteiger partial charge in [0.05, 0.1) is 20.3 Å². The van der Waals surface area contributed by atoms with Crippen LogP contribution in [0.4, 0.5) is 0 Å². The SMILES string of the molecule is CCOc1cc(C(N)CCO)cc(OC)c1OCC.Cl. The van der Waals surface area contributed by atoms with Gasteiger partial charge >= 0.3 is 0 Å². The van der Waals surface area contributed by atoms with Crippen LogP contribution in [0.1, 0.15) is 31.9 Å². The van der Waals surface area contributed by atoms with Crippen LogP contribution in [0.15, 0.2) is 12.1 Å². The molecule has 0 bridgehead atoms. The molecule has 0 aromatic heterocycles. The summed E-state index contributed by atoms with van der Waals surface area (Å²) in [6, 6.07) is 3.42. The minimum Gasteiger partial charge on any atom is -0.493 e. The molecule has 0 aliphatic rings. The van der Waals surface area contributed by atoms with Crippen molar-refractivity contribution in [1.29, 1.82) is 0 Å². The Labute approximate surface area is 126 Å². The average Bonchev–Trinajstić information content (AvgIpc) is 2.41. The number of hydrogen-bond acceptors (Lipinski definition) is 5. The molecule has 1 aromatic carbocycles. The van der Waals surface area contributed by atoms with E-state index in [1.807, 2.05) is 26.0 Å². The molecule has 116 valence electrons. The predicted molar refractivity (Wildman–Crippen MR) is 81.2 cm³/mol. The van der Waals surface area contributed by atoms with Crippen molar-refractivity contribution < 1.29 is 19.3 Å². The largest absolute Gasteiger partial charge is 0.493 e. The van der Waals surface area contributed by atoms with Crippen LogP contribution in [0.25, 0.3) is 0 Å². The van der Waals surface area contributed by atoms with Crippen LogP contribution in [0.5, 0.6) is 17.2 Å². The zero-order valence-corrected chi connectivity index (χ0v) is 13.0. The molecule has 1 atom stereocenters. The molecule has 3 N–H and O–H groups in total. The summed E-state index contributed by atoms with van der Waals surface area (Å²) in [6.45, 7) is 4.91. The van der Waals surface area contributed by atoms with Crippen LogP contribution in [-0.4, -0.2) is 32.0 Å². The van der Waals surface area contributed by atoms with Gasteiger partial charge in [0.1, 0.15) is 0 Å². The molecular formula is C14H24ClNO4. The van der Waals surface area contributed by atoms with Crippen LogP contribution in [0.2, 0.25) is 0 Å². The molecule has 1 aromatic rings. The Kier molecular flexibility index (Phi) is 9.12. The summed E-state index contributed by atoms with van der Waals surface area (Å²) in [5, 5.41) is 8.97. The maximum Gasteiger partial charge on any atom is 0.203 e. The highest BCUT2D eigenvalue weighted by molar-refractivity contribution is 5.85. The first-order valence-electron chi connectivity index (χ1n) is 6.51. The van der Waals surface area contributed by atoms with Crippen molar-refractivity contribution in [3.63, 3.8) is 0 Å². The van der Waals surface area contributed by atoms with Crippen LogP contribution >= 0.6 is 12.4 Å². The highest BCUT2D eigenvalue weighted by Crippen LogP contribution is 2.40. The molecule has 0 saturated carbocycles. The van der Waals surface area contributed by atoms with Crippen molar-refractivity contribution in [2.75, 3.05) is 26.9 Å². The van der Waals surface area contributed by atoms with Crippen molar-refractivity contribution in [1.82, 2.24) is 0 Å². The van der Waals surface area contributed by atoms with Gasteiger partial charge < -0.3 is 25.1 Å². The number of aliphatic hydroxyl groups excluding tert-OH is 1. The number of rotatable bonds is 8. The minimum absolute atomic E-state index is 0. The smallest absolute Gasteiger partial charge is 0.203 e. The highest BCUT2D eigenvalue weighted by Gasteiger charge is 2.17. The van der Waals surface area contributed by atoms with Crippen molar-refractivity contribution in [2.45, 2.75) is 26.3 Å². The molecule has 0 aliphatic heterocycles. The van der Waals surface area contributed by atoms with Gasteiger partial charge in [0, 0.05) is 12.6 Å². The first kappa shape index (κ1) is 18.8. The zero-order chi connectivity index (χ0) is 14.3. The number of ether oxygens (including phenoxy) is 3. The van der Waals surface area contributed by atoms with Crippen LogP contribution < -0.4 is 19.9 Å².